The van der Waals surface area contributed by atoms with Gasteiger partial charge in [-0.2, -0.15) is 0 Å². The average Bonchev–Trinajstić information content (AvgIpc) is 3.53. The summed E-state index contributed by atoms with van der Waals surface area (Å²) < 4.78 is 7.46. The van der Waals surface area contributed by atoms with Gasteiger partial charge in [0.2, 0.25) is 17.7 Å². The topological polar surface area (TPSA) is 119 Å². The fraction of sp³-hybridized carbons (Fsp3) is 0.381. The molecule has 0 aliphatic carbocycles. The first-order valence-corrected chi connectivity index (χ1v) is 18.7. The molecule has 282 valence electrons. The van der Waals surface area contributed by atoms with Crippen LogP contribution in [-0.4, -0.2) is 116 Å². The molecule has 0 bridgehead atoms. The minimum atomic E-state index is -0.893. The van der Waals surface area contributed by atoms with Crippen molar-refractivity contribution in [1.82, 2.24) is 29.3 Å². The number of para-hydroxylation sites is 1. The van der Waals surface area contributed by atoms with Gasteiger partial charge in [0.25, 0.3) is 5.91 Å². The van der Waals surface area contributed by atoms with E-state index in [0.717, 1.165) is 40.4 Å². The van der Waals surface area contributed by atoms with Crippen LogP contribution in [0.1, 0.15) is 46.3 Å². The van der Waals surface area contributed by atoms with Crippen LogP contribution >= 0.6 is 0 Å². The zero-order valence-corrected chi connectivity index (χ0v) is 31.0. The van der Waals surface area contributed by atoms with Gasteiger partial charge >= 0.3 is 0 Å². The highest BCUT2D eigenvalue weighted by atomic mass is 16.5. The van der Waals surface area contributed by atoms with Crippen LogP contribution in [0.4, 0.5) is 0 Å². The van der Waals surface area contributed by atoms with Gasteiger partial charge in [0.15, 0.2) is 0 Å². The Labute approximate surface area is 315 Å². The number of hydrogen-bond donors (Lipinski definition) is 1. The van der Waals surface area contributed by atoms with Gasteiger partial charge < -0.3 is 29.1 Å². The number of phenolic OH excluding ortho intramolecular Hbond substituents is 1. The standard InChI is InChI=1S/C42H48N6O6/c1-4-21-46-28-39(51)47-36(24-30-13-16-32(49)17-14-30)42(53)45(27-37(47)48(46)38(50)18-15-29-9-6-5-7-10-29)25-31-11-8-12-34-35(26-43(2)40(31)34)41(52)44-22-19-33(54-3)20-23-44/h4-14,16-17,26,33,36-37,49H,1,15,18-25,27-28H2,2-3H3/t36-,37-/m0/s1. The summed E-state index contributed by atoms with van der Waals surface area (Å²) in [7, 11) is 3.62. The van der Waals surface area contributed by atoms with Gasteiger partial charge in [-0.3, -0.25) is 19.2 Å². The summed E-state index contributed by atoms with van der Waals surface area (Å²) in [6, 6.07) is 21.4. The molecular formula is C42H48N6O6. The molecule has 7 rings (SSSR count). The number of rotatable bonds is 11. The van der Waals surface area contributed by atoms with Crippen LogP contribution in [0.25, 0.3) is 10.9 Å². The second kappa shape index (κ2) is 15.9. The van der Waals surface area contributed by atoms with Crippen LogP contribution in [0.3, 0.4) is 0 Å². The average molecular weight is 733 g/mol. The van der Waals surface area contributed by atoms with Crippen molar-refractivity contribution in [3.05, 3.63) is 114 Å². The molecule has 12 heteroatoms. The summed E-state index contributed by atoms with van der Waals surface area (Å²) in [5.41, 5.74) is 4.12. The second-order valence-electron chi connectivity index (χ2n) is 14.4. The molecule has 12 nitrogen and oxygen atoms in total. The van der Waals surface area contributed by atoms with Crippen LogP contribution in [0.2, 0.25) is 0 Å². The van der Waals surface area contributed by atoms with Gasteiger partial charge in [-0.15, -0.1) is 6.58 Å². The van der Waals surface area contributed by atoms with E-state index in [9.17, 15) is 24.3 Å². The number of methoxy groups -OCH3 is 1. The number of aromatic hydroxyl groups is 1. The number of piperazine rings is 1. The van der Waals surface area contributed by atoms with Crippen molar-refractivity contribution in [1.29, 1.82) is 0 Å². The second-order valence-corrected chi connectivity index (χ2v) is 14.4. The Morgan fingerprint density at radius 1 is 0.963 bits per heavy atom. The Bertz CT molecular complexity index is 2020. The van der Waals surface area contributed by atoms with Crippen LogP contribution in [0.5, 0.6) is 5.75 Å². The summed E-state index contributed by atoms with van der Waals surface area (Å²) in [5.74, 6) is -0.551. The molecule has 1 N–H and O–H groups in total. The van der Waals surface area contributed by atoms with Gasteiger partial charge in [0.05, 0.1) is 30.3 Å². The molecule has 2 atom stereocenters. The van der Waals surface area contributed by atoms with Crippen LogP contribution in [0, 0.1) is 0 Å². The number of piperidine rings is 1. The predicted molar refractivity (Wildman–Crippen MR) is 204 cm³/mol. The van der Waals surface area contributed by atoms with E-state index in [2.05, 4.69) is 6.58 Å². The van der Waals surface area contributed by atoms with E-state index in [-0.39, 0.29) is 74.5 Å². The van der Waals surface area contributed by atoms with Gasteiger partial charge in [0.1, 0.15) is 18.0 Å². The number of aromatic nitrogens is 1. The van der Waals surface area contributed by atoms with Gasteiger partial charge in [-0.25, -0.2) is 10.0 Å². The molecular weight excluding hydrogens is 684 g/mol. The number of phenols is 1. The zero-order chi connectivity index (χ0) is 37.9. The fourth-order valence-electron chi connectivity index (χ4n) is 8.29. The van der Waals surface area contributed by atoms with E-state index < -0.39 is 12.2 Å². The molecule has 0 saturated carbocycles. The Morgan fingerprint density at radius 3 is 2.41 bits per heavy atom. The molecule has 3 aromatic carbocycles. The van der Waals surface area contributed by atoms with E-state index in [1.165, 1.54) is 0 Å². The monoisotopic (exact) mass is 732 g/mol. The lowest BCUT2D eigenvalue weighted by Crippen LogP contribution is -2.75. The van der Waals surface area contributed by atoms with Crippen molar-refractivity contribution in [3.63, 3.8) is 0 Å². The van der Waals surface area contributed by atoms with Gasteiger partial charge in [-0.05, 0) is 48.1 Å². The third-order valence-corrected chi connectivity index (χ3v) is 11.0. The van der Waals surface area contributed by atoms with Gasteiger partial charge in [0, 0.05) is 64.8 Å². The number of carbonyl (C=O) groups is 4. The molecule has 4 aromatic rings. The first-order chi connectivity index (χ1) is 26.2. The molecule has 54 heavy (non-hydrogen) atoms. The smallest absolute Gasteiger partial charge is 0.256 e. The number of benzene rings is 3. The number of aryl methyl sites for hydroxylation is 2. The van der Waals surface area contributed by atoms with Crippen LogP contribution in [-0.2, 0) is 45.6 Å². The highest BCUT2D eigenvalue weighted by molar-refractivity contribution is 6.07. The highest BCUT2D eigenvalue weighted by Crippen LogP contribution is 2.32. The summed E-state index contributed by atoms with van der Waals surface area (Å²) in [6.07, 6.45) is 5.47. The first kappa shape index (κ1) is 36.9. The van der Waals surface area contributed by atoms with E-state index in [1.54, 1.807) is 57.3 Å². The summed E-state index contributed by atoms with van der Waals surface area (Å²) >= 11 is 0. The minimum absolute atomic E-state index is 0.0290. The van der Waals surface area contributed by atoms with Crippen molar-refractivity contribution in [3.8, 4) is 5.75 Å². The molecule has 4 heterocycles. The number of likely N-dealkylation sites (tertiary alicyclic amines) is 1. The van der Waals surface area contributed by atoms with E-state index in [4.69, 9.17) is 4.74 Å². The fourth-order valence-corrected chi connectivity index (χ4v) is 8.29. The Morgan fingerprint density at radius 2 is 1.70 bits per heavy atom. The lowest BCUT2D eigenvalue weighted by atomic mass is 9.97. The molecule has 3 aliphatic rings. The molecule has 4 amide bonds. The Hall–Kier alpha value is -5.46. The number of amides is 4. The number of hydrazine groups is 1. The number of fused-ring (bicyclic) bond motifs is 2. The third-order valence-electron chi connectivity index (χ3n) is 11.0. The predicted octanol–water partition coefficient (Wildman–Crippen LogP) is 4.12. The molecule has 0 radical (unpaired) electrons. The number of ether oxygens (including phenoxy) is 1. The number of nitrogens with zero attached hydrogens (tertiary/aromatic N) is 6. The summed E-state index contributed by atoms with van der Waals surface area (Å²) in [5, 5.41) is 14.2. The third kappa shape index (κ3) is 7.36. The van der Waals surface area contributed by atoms with Crippen molar-refractivity contribution in [2.45, 2.75) is 57.0 Å². The quantitative estimate of drug-likeness (QED) is 0.231. The summed E-state index contributed by atoms with van der Waals surface area (Å²) in [4.78, 5) is 62.0. The van der Waals surface area contributed by atoms with Crippen molar-refractivity contribution < 1.29 is 29.0 Å². The van der Waals surface area contributed by atoms with Crippen molar-refractivity contribution in [2.24, 2.45) is 7.05 Å². The lowest BCUT2D eigenvalue weighted by Gasteiger charge is -2.55. The first-order valence-electron chi connectivity index (χ1n) is 18.7. The van der Waals surface area contributed by atoms with Crippen molar-refractivity contribution in [2.75, 3.05) is 39.8 Å². The van der Waals surface area contributed by atoms with Gasteiger partial charge in [-0.1, -0.05) is 66.7 Å². The molecule has 3 fully saturated rings. The summed E-state index contributed by atoms with van der Waals surface area (Å²) in [6.45, 7) is 5.67. The largest absolute Gasteiger partial charge is 0.508 e. The Balaban J connectivity index is 1.23. The number of hydrogen-bond acceptors (Lipinski definition) is 7. The SMILES string of the molecule is C=CCN1CC(=O)N2[C@@H](Cc3ccc(O)cc3)C(=O)N(Cc3cccc4c(C(=O)N5CCC(OC)CC5)cn(C)c34)C[C@@H]2N1C(=O)CCc1ccccc1. The van der Waals surface area contributed by atoms with E-state index in [0.29, 0.717) is 25.1 Å². The van der Waals surface area contributed by atoms with Crippen LogP contribution < -0.4 is 0 Å². The molecule has 0 spiro atoms. The molecule has 0 unspecified atom stereocenters. The van der Waals surface area contributed by atoms with Crippen molar-refractivity contribution >= 4 is 34.5 Å². The maximum atomic E-state index is 14.7. The van der Waals surface area contributed by atoms with E-state index >= 15 is 0 Å². The van der Waals surface area contributed by atoms with Crippen LogP contribution in [0.15, 0.2) is 91.6 Å². The Kier molecular flexibility index (Phi) is 10.8. The minimum Gasteiger partial charge on any atom is -0.508 e. The maximum absolute atomic E-state index is 14.7. The molecule has 3 saturated heterocycles. The normalized spacial score (nSPS) is 19.7. The lowest BCUT2D eigenvalue weighted by molar-refractivity contribution is -0.205. The zero-order valence-electron chi connectivity index (χ0n) is 31.0. The highest BCUT2D eigenvalue weighted by Gasteiger charge is 2.51. The number of carbonyl (C=O) groups excluding carboxylic acids is 4. The maximum Gasteiger partial charge on any atom is 0.256 e. The molecule has 3 aliphatic heterocycles. The van der Waals surface area contributed by atoms with E-state index in [1.807, 2.05) is 71.2 Å². The molecule has 1 aromatic heterocycles.